The third kappa shape index (κ3) is 1.97. The van der Waals surface area contributed by atoms with E-state index >= 15 is 0 Å². The molecule has 1 aliphatic heterocycles. The molecule has 0 aromatic heterocycles. The van der Waals surface area contributed by atoms with E-state index < -0.39 is 0 Å². The molecule has 0 aromatic carbocycles. The Balaban J connectivity index is 1.84. The van der Waals surface area contributed by atoms with Gasteiger partial charge in [0.1, 0.15) is 5.78 Å². The predicted molar refractivity (Wildman–Crippen MR) is 52.8 cm³/mol. The van der Waals surface area contributed by atoms with Crippen LogP contribution in [0.15, 0.2) is 0 Å². The molecule has 1 unspecified atom stereocenters. The first-order valence-electron chi connectivity index (χ1n) is 5.58. The fraction of sp³-hybridized carbons (Fsp3) is 0.818. The minimum absolute atomic E-state index is 0.0445. The fourth-order valence-corrected chi connectivity index (χ4v) is 2.41. The van der Waals surface area contributed by atoms with E-state index in [1.165, 1.54) is 0 Å². The van der Waals surface area contributed by atoms with E-state index in [0.717, 1.165) is 38.8 Å². The number of likely N-dealkylation sites (tertiary alicyclic amines) is 1. The first-order valence-corrected chi connectivity index (χ1v) is 5.58. The molecule has 1 amide bonds. The van der Waals surface area contributed by atoms with Crippen molar-refractivity contribution >= 4 is 11.7 Å². The van der Waals surface area contributed by atoms with Gasteiger partial charge in [0.25, 0.3) is 0 Å². The van der Waals surface area contributed by atoms with Crippen LogP contribution >= 0.6 is 0 Å². The smallest absolute Gasteiger partial charge is 0.223 e. The molecule has 1 heterocycles. The van der Waals surface area contributed by atoms with E-state index in [1.54, 1.807) is 0 Å². The van der Waals surface area contributed by atoms with E-state index in [1.807, 2.05) is 4.90 Å². The zero-order chi connectivity index (χ0) is 9.97. The molecule has 2 rings (SSSR count). The number of ketones is 1. The van der Waals surface area contributed by atoms with Gasteiger partial charge in [0.2, 0.25) is 5.91 Å². The summed E-state index contributed by atoms with van der Waals surface area (Å²) < 4.78 is 0. The van der Waals surface area contributed by atoms with Crippen LogP contribution < -0.4 is 0 Å². The summed E-state index contributed by atoms with van der Waals surface area (Å²) in [6, 6.07) is 0. The summed E-state index contributed by atoms with van der Waals surface area (Å²) in [6.07, 6.45) is 5.33. The topological polar surface area (TPSA) is 37.4 Å². The van der Waals surface area contributed by atoms with Crippen molar-refractivity contribution in [3.8, 4) is 0 Å². The number of nitrogens with zero attached hydrogens (tertiary/aromatic N) is 1. The van der Waals surface area contributed by atoms with Crippen LogP contribution in [0.4, 0.5) is 0 Å². The van der Waals surface area contributed by atoms with Crippen LogP contribution in [0.3, 0.4) is 0 Å². The largest absolute Gasteiger partial charge is 0.343 e. The number of rotatable bonds is 2. The zero-order valence-corrected chi connectivity index (χ0v) is 8.50. The average molecular weight is 195 g/mol. The van der Waals surface area contributed by atoms with Crippen molar-refractivity contribution in [2.75, 3.05) is 13.1 Å². The Kier molecular flexibility index (Phi) is 2.85. The number of Topliss-reactive ketones (excluding diaryl/α,β-unsaturated/α-hetero) is 1. The van der Waals surface area contributed by atoms with Crippen molar-refractivity contribution < 1.29 is 9.59 Å². The molecule has 0 spiro atoms. The number of carbonyl (C=O) groups is 2. The quantitative estimate of drug-likeness (QED) is 0.667. The summed E-state index contributed by atoms with van der Waals surface area (Å²) in [5.41, 5.74) is 0. The highest BCUT2D eigenvalue weighted by molar-refractivity contribution is 5.88. The summed E-state index contributed by atoms with van der Waals surface area (Å²) in [7, 11) is 0. The lowest BCUT2D eigenvalue weighted by Gasteiger charge is -2.17. The molecule has 0 aromatic rings. The third-order valence-corrected chi connectivity index (χ3v) is 3.31. The normalized spacial score (nSPS) is 27.3. The van der Waals surface area contributed by atoms with Gasteiger partial charge in [0.05, 0.1) is 0 Å². The Morgan fingerprint density at radius 1 is 1.29 bits per heavy atom. The molecule has 1 atom stereocenters. The first-order chi connectivity index (χ1) is 6.77. The maximum atomic E-state index is 11.7. The Labute approximate surface area is 84.5 Å². The molecule has 0 radical (unpaired) electrons. The summed E-state index contributed by atoms with van der Waals surface area (Å²) in [5, 5.41) is 0. The van der Waals surface area contributed by atoms with Crippen LogP contribution in [-0.2, 0) is 9.59 Å². The number of amides is 1. The monoisotopic (exact) mass is 195 g/mol. The lowest BCUT2D eigenvalue weighted by molar-refractivity contribution is -0.133. The van der Waals surface area contributed by atoms with E-state index in [4.69, 9.17) is 0 Å². The van der Waals surface area contributed by atoms with Crippen LogP contribution in [0.2, 0.25) is 0 Å². The van der Waals surface area contributed by atoms with E-state index in [9.17, 15) is 9.59 Å². The molecular weight excluding hydrogens is 178 g/mol. The molecule has 3 nitrogen and oxygen atoms in total. The van der Waals surface area contributed by atoms with Gasteiger partial charge in [-0.25, -0.2) is 0 Å². The molecule has 1 saturated carbocycles. The molecule has 2 fully saturated rings. The predicted octanol–water partition coefficient (Wildman–Crippen LogP) is 1.37. The molecule has 78 valence electrons. The SMILES string of the molecule is O=C1CCCC1CC(=O)N1CCCC1. The third-order valence-electron chi connectivity index (χ3n) is 3.31. The Hall–Kier alpha value is -0.860. The molecule has 3 heteroatoms. The van der Waals surface area contributed by atoms with E-state index in [0.29, 0.717) is 18.6 Å². The lowest BCUT2D eigenvalue weighted by atomic mass is 10.0. The van der Waals surface area contributed by atoms with Gasteiger partial charge >= 0.3 is 0 Å². The first kappa shape index (κ1) is 9.69. The van der Waals surface area contributed by atoms with Crippen LogP contribution in [0, 0.1) is 5.92 Å². The Morgan fingerprint density at radius 2 is 2.00 bits per heavy atom. The van der Waals surface area contributed by atoms with Gasteiger partial charge in [-0.05, 0) is 25.7 Å². The van der Waals surface area contributed by atoms with Crippen LogP contribution in [0.25, 0.3) is 0 Å². The van der Waals surface area contributed by atoms with Crippen LogP contribution in [-0.4, -0.2) is 29.7 Å². The number of carbonyl (C=O) groups excluding carboxylic acids is 2. The highest BCUT2D eigenvalue weighted by Gasteiger charge is 2.29. The van der Waals surface area contributed by atoms with Crippen molar-refractivity contribution in [3.05, 3.63) is 0 Å². The van der Waals surface area contributed by atoms with Crippen molar-refractivity contribution in [3.63, 3.8) is 0 Å². The molecule has 14 heavy (non-hydrogen) atoms. The summed E-state index contributed by atoms with van der Waals surface area (Å²) in [5.74, 6) is 0.545. The van der Waals surface area contributed by atoms with Crippen molar-refractivity contribution in [1.29, 1.82) is 0 Å². The van der Waals surface area contributed by atoms with Gasteiger partial charge in [-0.3, -0.25) is 9.59 Å². The highest BCUT2D eigenvalue weighted by Crippen LogP contribution is 2.25. The van der Waals surface area contributed by atoms with Crippen molar-refractivity contribution in [2.24, 2.45) is 5.92 Å². The fourth-order valence-electron chi connectivity index (χ4n) is 2.41. The van der Waals surface area contributed by atoms with E-state index in [-0.39, 0.29) is 11.8 Å². The van der Waals surface area contributed by atoms with E-state index in [2.05, 4.69) is 0 Å². The van der Waals surface area contributed by atoms with Gasteiger partial charge in [-0.15, -0.1) is 0 Å². The van der Waals surface area contributed by atoms with Crippen LogP contribution in [0.5, 0.6) is 0 Å². The van der Waals surface area contributed by atoms with Gasteiger partial charge in [-0.1, -0.05) is 0 Å². The van der Waals surface area contributed by atoms with Crippen LogP contribution in [0.1, 0.15) is 38.5 Å². The molecule has 2 aliphatic rings. The molecule has 0 N–H and O–H groups in total. The van der Waals surface area contributed by atoms with Crippen molar-refractivity contribution in [1.82, 2.24) is 4.90 Å². The van der Waals surface area contributed by atoms with Gasteiger partial charge in [0.15, 0.2) is 0 Å². The molecule has 1 saturated heterocycles. The zero-order valence-electron chi connectivity index (χ0n) is 8.50. The minimum atomic E-state index is 0.0445. The maximum absolute atomic E-state index is 11.7. The standard InChI is InChI=1S/C11H17NO2/c13-10-5-3-4-9(10)8-11(14)12-6-1-2-7-12/h9H,1-8H2. The highest BCUT2D eigenvalue weighted by atomic mass is 16.2. The maximum Gasteiger partial charge on any atom is 0.223 e. The summed E-state index contributed by atoms with van der Waals surface area (Å²) in [6.45, 7) is 1.81. The minimum Gasteiger partial charge on any atom is -0.343 e. The Bertz CT molecular complexity index is 244. The summed E-state index contributed by atoms with van der Waals surface area (Å²) >= 11 is 0. The van der Waals surface area contributed by atoms with Gasteiger partial charge in [0, 0.05) is 31.8 Å². The second kappa shape index (κ2) is 4.11. The average Bonchev–Trinajstić information content (AvgIpc) is 2.77. The van der Waals surface area contributed by atoms with Gasteiger partial charge in [-0.2, -0.15) is 0 Å². The van der Waals surface area contributed by atoms with Gasteiger partial charge < -0.3 is 4.90 Å². The Morgan fingerprint density at radius 3 is 2.57 bits per heavy atom. The molecule has 0 bridgehead atoms. The van der Waals surface area contributed by atoms with Crippen molar-refractivity contribution in [2.45, 2.75) is 38.5 Å². The lowest BCUT2D eigenvalue weighted by Crippen LogP contribution is -2.30. The molecular formula is C11H17NO2. The molecule has 1 aliphatic carbocycles. The number of hydrogen-bond donors (Lipinski definition) is 0. The second-order valence-corrected chi connectivity index (χ2v) is 4.35. The summed E-state index contributed by atoms with van der Waals surface area (Å²) in [4.78, 5) is 25.0. The number of hydrogen-bond acceptors (Lipinski definition) is 2. The second-order valence-electron chi connectivity index (χ2n) is 4.35.